The normalized spacial score (nSPS) is 21.2. The zero-order valence-electron chi connectivity index (χ0n) is 12.9. The monoisotopic (exact) mass is 313 g/mol. The van der Waals surface area contributed by atoms with E-state index >= 15 is 0 Å². The minimum atomic E-state index is -0.0660. The van der Waals surface area contributed by atoms with Gasteiger partial charge in [0.05, 0.1) is 6.54 Å². The standard InChI is InChI=1S/C17H19N3O3/c21-17(15-10-16(23-19-15)12-3-4-12)20-9-1-2-14(11-20)22-13-5-7-18-8-6-13/h5-8,10,12,14H,1-4,9,11H2. The van der Waals surface area contributed by atoms with Crippen LogP contribution in [0, 0.1) is 0 Å². The van der Waals surface area contributed by atoms with Crippen LogP contribution in [-0.2, 0) is 0 Å². The van der Waals surface area contributed by atoms with E-state index in [-0.39, 0.29) is 12.0 Å². The number of hydrogen-bond acceptors (Lipinski definition) is 5. The van der Waals surface area contributed by atoms with E-state index in [4.69, 9.17) is 9.26 Å². The zero-order valence-corrected chi connectivity index (χ0v) is 12.9. The van der Waals surface area contributed by atoms with Gasteiger partial charge < -0.3 is 14.2 Å². The van der Waals surface area contributed by atoms with Crippen LogP contribution in [0.5, 0.6) is 5.75 Å². The fourth-order valence-electron chi connectivity index (χ4n) is 2.94. The van der Waals surface area contributed by atoms with Crippen LogP contribution in [0.3, 0.4) is 0 Å². The van der Waals surface area contributed by atoms with Crippen molar-refractivity contribution in [1.82, 2.24) is 15.0 Å². The molecular formula is C17H19N3O3. The van der Waals surface area contributed by atoms with Gasteiger partial charge in [-0.3, -0.25) is 9.78 Å². The molecule has 0 radical (unpaired) electrons. The van der Waals surface area contributed by atoms with Gasteiger partial charge in [-0.25, -0.2) is 0 Å². The number of carbonyl (C=O) groups is 1. The number of hydrogen-bond donors (Lipinski definition) is 0. The first-order valence-electron chi connectivity index (χ1n) is 8.12. The molecule has 1 amide bonds. The minimum Gasteiger partial charge on any atom is -0.488 e. The maximum Gasteiger partial charge on any atom is 0.276 e. The third kappa shape index (κ3) is 3.21. The molecule has 6 heteroatoms. The lowest BCUT2D eigenvalue weighted by Crippen LogP contribution is -2.44. The number of nitrogens with zero attached hydrogens (tertiary/aromatic N) is 3. The van der Waals surface area contributed by atoms with E-state index in [1.807, 2.05) is 17.0 Å². The molecule has 0 bridgehead atoms. The molecule has 1 unspecified atom stereocenters. The van der Waals surface area contributed by atoms with Crippen LogP contribution in [0.4, 0.5) is 0 Å². The molecule has 1 aliphatic heterocycles. The second kappa shape index (κ2) is 6.02. The number of pyridine rings is 1. The van der Waals surface area contributed by atoms with Crippen LogP contribution in [0.25, 0.3) is 0 Å². The van der Waals surface area contributed by atoms with E-state index in [1.54, 1.807) is 18.5 Å². The van der Waals surface area contributed by atoms with Crippen molar-refractivity contribution in [3.63, 3.8) is 0 Å². The molecule has 2 aromatic rings. The lowest BCUT2D eigenvalue weighted by molar-refractivity contribution is 0.0528. The molecule has 0 N–H and O–H groups in total. The lowest BCUT2D eigenvalue weighted by Gasteiger charge is -2.32. The van der Waals surface area contributed by atoms with Gasteiger partial charge in [0, 0.05) is 30.9 Å². The van der Waals surface area contributed by atoms with Crippen molar-refractivity contribution in [3.8, 4) is 5.75 Å². The first-order chi connectivity index (χ1) is 11.3. The molecule has 1 saturated carbocycles. The summed E-state index contributed by atoms with van der Waals surface area (Å²) < 4.78 is 11.2. The number of piperidine rings is 1. The summed E-state index contributed by atoms with van der Waals surface area (Å²) in [5.41, 5.74) is 0.413. The highest BCUT2D eigenvalue weighted by atomic mass is 16.5. The van der Waals surface area contributed by atoms with Crippen molar-refractivity contribution >= 4 is 5.91 Å². The van der Waals surface area contributed by atoms with Gasteiger partial charge in [0.2, 0.25) is 0 Å². The maximum absolute atomic E-state index is 12.6. The summed E-state index contributed by atoms with van der Waals surface area (Å²) >= 11 is 0. The van der Waals surface area contributed by atoms with Gasteiger partial charge in [-0.15, -0.1) is 0 Å². The predicted molar refractivity (Wildman–Crippen MR) is 82.3 cm³/mol. The second-order valence-electron chi connectivity index (χ2n) is 6.20. The Kier molecular flexibility index (Phi) is 3.73. The van der Waals surface area contributed by atoms with Crippen LogP contribution in [-0.4, -0.2) is 40.1 Å². The molecule has 3 heterocycles. The summed E-state index contributed by atoms with van der Waals surface area (Å²) in [5.74, 6) is 2.03. The Hall–Kier alpha value is -2.37. The Morgan fingerprint density at radius 2 is 2.09 bits per heavy atom. The van der Waals surface area contributed by atoms with Gasteiger partial charge in [-0.05, 0) is 37.8 Å². The van der Waals surface area contributed by atoms with Crippen molar-refractivity contribution in [2.24, 2.45) is 0 Å². The van der Waals surface area contributed by atoms with E-state index in [9.17, 15) is 4.79 Å². The number of ether oxygens (including phenoxy) is 1. The molecule has 2 fully saturated rings. The number of aromatic nitrogens is 2. The Balaban J connectivity index is 1.40. The van der Waals surface area contributed by atoms with E-state index in [0.29, 0.717) is 18.2 Å². The molecule has 23 heavy (non-hydrogen) atoms. The summed E-state index contributed by atoms with van der Waals surface area (Å²) in [7, 11) is 0. The van der Waals surface area contributed by atoms with E-state index < -0.39 is 0 Å². The molecule has 2 aliphatic rings. The molecule has 6 nitrogen and oxygen atoms in total. The smallest absolute Gasteiger partial charge is 0.276 e. The van der Waals surface area contributed by atoms with E-state index in [2.05, 4.69) is 10.1 Å². The molecule has 1 aliphatic carbocycles. The Labute approximate surface area is 134 Å². The number of likely N-dealkylation sites (tertiary alicyclic amines) is 1. The molecule has 0 spiro atoms. The molecular weight excluding hydrogens is 294 g/mol. The van der Waals surface area contributed by atoms with Crippen LogP contribution < -0.4 is 4.74 Å². The number of amides is 1. The van der Waals surface area contributed by atoms with Crippen molar-refractivity contribution in [3.05, 3.63) is 42.0 Å². The SMILES string of the molecule is O=C(c1cc(C2CC2)on1)N1CCCC(Oc2ccncc2)C1. The molecule has 1 atom stereocenters. The lowest BCUT2D eigenvalue weighted by atomic mass is 10.1. The number of rotatable bonds is 4. The predicted octanol–water partition coefficient (Wildman–Crippen LogP) is 2.63. The van der Waals surface area contributed by atoms with Gasteiger partial charge in [0.25, 0.3) is 5.91 Å². The summed E-state index contributed by atoms with van der Waals surface area (Å²) in [6, 6.07) is 5.47. The van der Waals surface area contributed by atoms with Gasteiger partial charge in [-0.1, -0.05) is 5.16 Å². The van der Waals surface area contributed by atoms with Crippen molar-refractivity contribution in [1.29, 1.82) is 0 Å². The quantitative estimate of drug-likeness (QED) is 0.868. The molecule has 120 valence electrons. The van der Waals surface area contributed by atoms with Crippen molar-refractivity contribution in [2.45, 2.75) is 37.7 Å². The summed E-state index contributed by atoms with van der Waals surface area (Å²) in [6.45, 7) is 1.31. The second-order valence-corrected chi connectivity index (χ2v) is 6.20. The van der Waals surface area contributed by atoms with Crippen LogP contribution in [0.15, 0.2) is 35.1 Å². The summed E-state index contributed by atoms with van der Waals surface area (Å²) in [6.07, 6.45) is 7.55. The fraction of sp³-hybridized carbons (Fsp3) is 0.471. The fourth-order valence-corrected chi connectivity index (χ4v) is 2.94. The topological polar surface area (TPSA) is 68.5 Å². The average Bonchev–Trinajstić information content (AvgIpc) is 3.33. The maximum atomic E-state index is 12.6. The van der Waals surface area contributed by atoms with Crippen LogP contribution >= 0.6 is 0 Å². The molecule has 0 aromatic carbocycles. The van der Waals surface area contributed by atoms with E-state index in [1.165, 1.54) is 0 Å². The number of carbonyl (C=O) groups excluding carboxylic acids is 1. The van der Waals surface area contributed by atoms with Gasteiger partial charge in [-0.2, -0.15) is 0 Å². The first-order valence-corrected chi connectivity index (χ1v) is 8.12. The molecule has 4 rings (SSSR count). The third-order valence-electron chi connectivity index (χ3n) is 4.35. The van der Waals surface area contributed by atoms with Crippen molar-refractivity contribution in [2.75, 3.05) is 13.1 Å². The third-order valence-corrected chi connectivity index (χ3v) is 4.35. The highest BCUT2D eigenvalue weighted by Gasteiger charge is 2.31. The zero-order chi connectivity index (χ0) is 15.6. The highest BCUT2D eigenvalue weighted by molar-refractivity contribution is 5.92. The van der Waals surface area contributed by atoms with Crippen LogP contribution in [0.1, 0.15) is 47.8 Å². The summed E-state index contributed by atoms with van der Waals surface area (Å²) in [5, 5.41) is 3.95. The van der Waals surface area contributed by atoms with E-state index in [0.717, 1.165) is 43.7 Å². The van der Waals surface area contributed by atoms with Gasteiger partial charge >= 0.3 is 0 Å². The molecule has 2 aromatic heterocycles. The Bertz CT molecular complexity index is 681. The largest absolute Gasteiger partial charge is 0.488 e. The Morgan fingerprint density at radius 3 is 2.87 bits per heavy atom. The first kappa shape index (κ1) is 14.2. The van der Waals surface area contributed by atoms with Crippen LogP contribution in [0.2, 0.25) is 0 Å². The highest BCUT2D eigenvalue weighted by Crippen LogP contribution is 2.40. The minimum absolute atomic E-state index is 0.00454. The molecule has 1 saturated heterocycles. The summed E-state index contributed by atoms with van der Waals surface area (Å²) in [4.78, 5) is 18.4. The van der Waals surface area contributed by atoms with Gasteiger partial charge in [0.1, 0.15) is 17.6 Å². The average molecular weight is 313 g/mol. The Morgan fingerprint density at radius 1 is 1.26 bits per heavy atom. The van der Waals surface area contributed by atoms with Crippen molar-refractivity contribution < 1.29 is 14.1 Å². The van der Waals surface area contributed by atoms with Gasteiger partial charge in [0.15, 0.2) is 5.69 Å².